The molecule has 0 saturated carbocycles. The Kier molecular flexibility index (Phi) is 4.83. The zero-order valence-corrected chi connectivity index (χ0v) is 17.8. The van der Waals surface area contributed by atoms with Gasteiger partial charge in [-0.25, -0.2) is 4.98 Å². The lowest BCUT2D eigenvalue weighted by Gasteiger charge is -2.25. The largest absolute Gasteiger partial charge is 0.326 e. The summed E-state index contributed by atoms with van der Waals surface area (Å²) in [6, 6.07) is 18.3. The van der Waals surface area contributed by atoms with Crippen molar-refractivity contribution in [3.8, 4) is 11.3 Å². The number of hydrogen-bond acceptors (Lipinski definition) is 4. The van der Waals surface area contributed by atoms with E-state index in [4.69, 9.17) is 16.6 Å². The van der Waals surface area contributed by atoms with Crippen molar-refractivity contribution in [1.29, 1.82) is 0 Å². The molecule has 31 heavy (non-hydrogen) atoms. The van der Waals surface area contributed by atoms with Gasteiger partial charge >= 0.3 is 0 Å². The molecule has 0 aliphatic carbocycles. The molecule has 8 heteroatoms. The Balaban J connectivity index is 1.47. The molecule has 0 radical (unpaired) electrons. The van der Waals surface area contributed by atoms with Gasteiger partial charge in [0.1, 0.15) is 5.65 Å². The van der Waals surface area contributed by atoms with Crippen molar-refractivity contribution in [2.45, 2.75) is 11.3 Å². The van der Waals surface area contributed by atoms with Crippen LogP contribution in [0.3, 0.4) is 0 Å². The number of amides is 1. The smallest absolute Gasteiger partial charge is 0.230 e. The first-order chi connectivity index (χ1) is 14.9. The Bertz CT molecular complexity index is 1350. The van der Waals surface area contributed by atoms with E-state index in [0.29, 0.717) is 26.9 Å². The first kappa shape index (κ1) is 19.8. The van der Waals surface area contributed by atoms with Crippen molar-refractivity contribution in [2.24, 2.45) is 0 Å². The van der Waals surface area contributed by atoms with Crippen LogP contribution in [-0.2, 0) is 11.2 Å². The second kappa shape index (κ2) is 7.55. The minimum atomic E-state index is -2.95. The van der Waals surface area contributed by atoms with E-state index in [-0.39, 0.29) is 12.3 Å². The van der Waals surface area contributed by atoms with E-state index < -0.39 is 10.6 Å². The predicted octanol–water partition coefficient (Wildman–Crippen LogP) is 5.93. The number of benzene rings is 2. The molecular weight excluding hydrogens is 434 g/mol. The summed E-state index contributed by atoms with van der Waals surface area (Å²) < 4.78 is 22.1. The lowest BCUT2D eigenvalue weighted by Crippen LogP contribution is -2.16. The number of pyridine rings is 1. The van der Waals surface area contributed by atoms with Crippen molar-refractivity contribution >= 4 is 45.5 Å². The fraction of sp³-hybridized carbons (Fsp3) is 0.0435. The van der Waals surface area contributed by atoms with E-state index in [1.54, 1.807) is 42.6 Å². The van der Waals surface area contributed by atoms with Crippen LogP contribution in [0.25, 0.3) is 23.0 Å². The molecule has 156 valence electrons. The average molecular weight is 452 g/mol. The van der Waals surface area contributed by atoms with Crippen LogP contribution >= 0.6 is 22.2 Å². The number of nitrogens with zero attached hydrogens (tertiary/aromatic N) is 2. The van der Waals surface area contributed by atoms with Crippen LogP contribution in [0.4, 0.5) is 5.69 Å². The van der Waals surface area contributed by atoms with Gasteiger partial charge in [-0.1, -0.05) is 48.0 Å². The summed E-state index contributed by atoms with van der Waals surface area (Å²) in [4.78, 5) is 18.0. The number of halogens is 1. The highest BCUT2D eigenvalue weighted by Crippen LogP contribution is 2.56. The molecule has 3 heterocycles. The van der Waals surface area contributed by atoms with Crippen LogP contribution in [0.2, 0.25) is 5.02 Å². The molecule has 1 aliphatic heterocycles. The van der Waals surface area contributed by atoms with Gasteiger partial charge in [0.05, 0.1) is 22.7 Å². The maximum absolute atomic E-state index is 12.9. The molecule has 0 atom stereocenters. The van der Waals surface area contributed by atoms with E-state index >= 15 is 0 Å². The normalized spacial score (nSPS) is 15.1. The quantitative estimate of drug-likeness (QED) is 0.359. The summed E-state index contributed by atoms with van der Waals surface area (Å²) in [6.07, 6.45) is 3.56. The topological polar surface area (TPSA) is 86.9 Å². The number of carbonyl (C=O) groups excluding carboxylic acids is 1. The molecule has 2 aromatic carbocycles. The summed E-state index contributed by atoms with van der Waals surface area (Å²) in [5.41, 5.74) is 4.26. The molecule has 0 fully saturated rings. The fourth-order valence-corrected chi connectivity index (χ4v) is 5.10. The van der Waals surface area contributed by atoms with Gasteiger partial charge in [-0.3, -0.25) is 13.9 Å². The Labute approximate surface area is 185 Å². The summed E-state index contributed by atoms with van der Waals surface area (Å²) in [7, 11) is -2.95. The highest BCUT2D eigenvalue weighted by Gasteiger charge is 2.22. The minimum Gasteiger partial charge on any atom is -0.326 e. The molecule has 2 aromatic heterocycles. The highest BCUT2D eigenvalue weighted by atomic mass is 35.5. The number of aromatic nitrogens is 2. The minimum absolute atomic E-state index is 0.0820. The van der Waals surface area contributed by atoms with Gasteiger partial charge in [-0.05, 0) is 29.8 Å². The fourth-order valence-electron chi connectivity index (χ4n) is 3.68. The monoisotopic (exact) mass is 451 g/mol. The van der Waals surface area contributed by atoms with E-state index in [9.17, 15) is 13.9 Å². The predicted molar refractivity (Wildman–Crippen MR) is 125 cm³/mol. The average Bonchev–Trinajstić information content (AvgIpc) is 3.25. The van der Waals surface area contributed by atoms with Gasteiger partial charge in [-0.15, -0.1) is 10.6 Å². The molecule has 0 unspecified atom stereocenters. The Morgan fingerprint density at radius 2 is 1.90 bits per heavy atom. The van der Waals surface area contributed by atoms with E-state index in [1.807, 2.05) is 34.7 Å². The van der Waals surface area contributed by atoms with Crippen LogP contribution in [0.1, 0.15) is 11.3 Å². The Hall–Kier alpha value is -3.10. The lowest BCUT2D eigenvalue weighted by molar-refractivity contribution is -0.115. The highest BCUT2D eigenvalue weighted by molar-refractivity contribution is 8.27. The molecule has 6 nitrogen and oxygen atoms in total. The molecule has 5 rings (SSSR count). The van der Waals surface area contributed by atoms with Crippen molar-refractivity contribution < 1.29 is 13.9 Å². The first-order valence-electron chi connectivity index (χ1n) is 9.53. The lowest BCUT2D eigenvalue weighted by atomic mass is 10.1. The van der Waals surface area contributed by atoms with E-state index in [0.717, 1.165) is 16.8 Å². The maximum atomic E-state index is 12.9. The van der Waals surface area contributed by atoms with E-state index in [1.165, 1.54) is 5.41 Å². The molecular formula is C23H18ClN3O3S. The van der Waals surface area contributed by atoms with Gasteiger partial charge < -0.3 is 9.72 Å². The third kappa shape index (κ3) is 3.73. The summed E-state index contributed by atoms with van der Waals surface area (Å²) in [6.45, 7) is 0. The van der Waals surface area contributed by atoms with Crippen LogP contribution in [0, 0.1) is 0 Å². The molecule has 1 amide bonds. The molecule has 0 spiro atoms. The van der Waals surface area contributed by atoms with E-state index in [2.05, 4.69) is 5.32 Å². The summed E-state index contributed by atoms with van der Waals surface area (Å²) >= 11 is 6.13. The number of carbonyl (C=O) groups is 1. The summed E-state index contributed by atoms with van der Waals surface area (Å²) in [5.74, 6) is -0.240. The zero-order valence-electron chi connectivity index (χ0n) is 16.2. The summed E-state index contributed by atoms with van der Waals surface area (Å²) in [5, 5.41) is 4.82. The molecule has 4 aromatic rings. The van der Waals surface area contributed by atoms with Gasteiger partial charge in [0, 0.05) is 33.9 Å². The van der Waals surface area contributed by atoms with Gasteiger partial charge in [0.15, 0.2) is 0 Å². The molecule has 0 saturated heterocycles. The van der Waals surface area contributed by atoms with Crippen LogP contribution in [0.5, 0.6) is 0 Å². The molecule has 1 aliphatic rings. The zero-order chi connectivity index (χ0) is 21.6. The van der Waals surface area contributed by atoms with Crippen LogP contribution < -0.4 is 5.32 Å². The Morgan fingerprint density at radius 3 is 2.71 bits per heavy atom. The second-order valence-corrected chi connectivity index (χ2v) is 9.55. The third-order valence-corrected chi connectivity index (χ3v) is 6.87. The number of hydrogen-bond donors (Lipinski definition) is 3. The van der Waals surface area contributed by atoms with Crippen molar-refractivity contribution in [3.63, 3.8) is 0 Å². The third-order valence-electron chi connectivity index (χ3n) is 5.12. The van der Waals surface area contributed by atoms with Crippen LogP contribution in [0.15, 0.2) is 77.2 Å². The van der Waals surface area contributed by atoms with Crippen LogP contribution in [-0.4, -0.2) is 24.4 Å². The number of rotatable bonds is 4. The number of nitrogens with one attached hydrogen (secondary N) is 1. The Morgan fingerprint density at radius 1 is 1.10 bits per heavy atom. The standard InChI is InChI=1S/C23H18ClN3O3S/c24-17-8-10-27-19(23(26-21(27)12-17)16-4-2-1-3-5-16)14-22(28)25-18-7-6-15-9-11-31(29,30)20(15)13-18/h1-13,29-30H,14H2,(H,25,28). The van der Waals surface area contributed by atoms with Gasteiger partial charge in [-0.2, -0.15) is 0 Å². The van der Waals surface area contributed by atoms with Crippen molar-refractivity contribution in [2.75, 3.05) is 5.32 Å². The van der Waals surface area contributed by atoms with Crippen molar-refractivity contribution in [1.82, 2.24) is 9.38 Å². The second-order valence-electron chi connectivity index (χ2n) is 7.22. The SMILES string of the molecule is O=C(Cc1c(-c2ccccc2)nc2cc(Cl)ccn12)Nc1ccc2c(c1)S(O)(O)C=C2. The number of imidazole rings is 1. The van der Waals surface area contributed by atoms with Gasteiger partial charge in [0.2, 0.25) is 5.91 Å². The number of fused-ring (bicyclic) bond motifs is 2. The van der Waals surface area contributed by atoms with Gasteiger partial charge in [0.25, 0.3) is 0 Å². The first-order valence-corrected chi connectivity index (χ1v) is 11.5. The molecule has 3 N–H and O–H groups in total. The molecule has 0 bridgehead atoms. The maximum Gasteiger partial charge on any atom is 0.230 e. The van der Waals surface area contributed by atoms with Crippen molar-refractivity contribution in [3.05, 3.63) is 88.5 Å². The number of anilines is 1.